The van der Waals surface area contributed by atoms with Crippen LogP contribution < -0.4 is 14.2 Å². The fraction of sp³-hybridized carbons (Fsp3) is 0.321. The van der Waals surface area contributed by atoms with E-state index in [0.29, 0.717) is 10.0 Å². The number of halogens is 2. The molecule has 186 valence electrons. The molecule has 6 rings (SSSR count). The maximum absolute atomic E-state index is 13.4. The van der Waals surface area contributed by atoms with Crippen LogP contribution >= 0.6 is 35.0 Å². The van der Waals surface area contributed by atoms with Crippen LogP contribution in [0.2, 0.25) is 10.0 Å². The van der Waals surface area contributed by atoms with E-state index in [1.807, 2.05) is 54.6 Å². The molecule has 8 heteroatoms. The number of piperidine rings is 1. The molecule has 3 aromatic rings. The number of hydrogen-bond acceptors (Lipinski definition) is 5. The number of carbonyl (C=O) groups excluding carboxylic acids is 1. The molecule has 3 aliphatic rings. The molecule has 3 heterocycles. The topological polar surface area (TPSA) is 48.0 Å². The maximum Gasteiger partial charge on any atom is 0.254 e. The largest absolute Gasteiger partial charge is 0.490 e. The molecule has 2 bridgehead atoms. The van der Waals surface area contributed by atoms with Gasteiger partial charge in [0.1, 0.15) is 11.9 Å². The lowest BCUT2D eigenvalue weighted by Crippen LogP contribution is -2.49. The Balaban J connectivity index is 1.07. The molecular formula is C28H25Cl2NO4S. The van der Waals surface area contributed by atoms with Crippen LogP contribution in [0.1, 0.15) is 41.6 Å². The van der Waals surface area contributed by atoms with Crippen LogP contribution in [0.25, 0.3) is 0 Å². The fourth-order valence-electron chi connectivity index (χ4n) is 5.34. The van der Waals surface area contributed by atoms with Crippen molar-refractivity contribution in [3.8, 4) is 17.2 Å². The van der Waals surface area contributed by atoms with Gasteiger partial charge in [0.05, 0.1) is 5.02 Å². The Kier molecular flexibility index (Phi) is 6.67. The highest BCUT2D eigenvalue weighted by Crippen LogP contribution is 2.40. The van der Waals surface area contributed by atoms with Gasteiger partial charge in [-0.3, -0.25) is 4.79 Å². The summed E-state index contributed by atoms with van der Waals surface area (Å²) in [6.07, 6.45) is 3.81. The molecule has 0 aromatic heterocycles. The monoisotopic (exact) mass is 541 g/mol. The molecule has 2 saturated heterocycles. The molecule has 0 radical (unpaired) electrons. The maximum atomic E-state index is 13.4. The van der Waals surface area contributed by atoms with Crippen molar-refractivity contribution in [2.75, 3.05) is 6.79 Å². The summed E-state index contributed by atoms with van der Waals surface area (Å²) < 4.78 is 17.2. The van der Waals surface area contributed by atoms with E-state index in [1.54, 1.807) is 17.8 Å². The normalized spacial score (nSPS) is 22.1. The number of thioether (sulfide) groups is 1. The molecule has 3 aliphatic heterocycles. The van der Waals surface area contributed by atoms with Gasteiger partial charge in [-0.1, -0.05) is 35.3 Å². The van der Waals surface area contributed by atoms with E-state index in [2.05, 4.69) is 4.90 Å². The summed E-state index contributed by atoms with van der Waals surface area (Å²) >= 11 is 13.9. The Morgan fingerprint density at radius 2 is 1.69 bits per heavy atom. The van der Waals surface area contributed by atoms with Gasteiger partial charge in [-0.05, 0) is 60.9 Å². The lowest BCUT2D eigenvalue weighted by Gasteiger charge is -2.39. The van der Waals surface area contributed by atoms with Crippen LogP contribution in [0.15, 0.2) is 65.6 Å². The molecule has 0 saturated carbocycles. The Labute approximate surface area is 224 Å². The first-order valence-electron chi connectivity index (χ1n) is 12.1. The van der Waals surface area contributed by atoms with Crippen LogP contribution in [0.4, 0.5) is 0 Å². The van der Waals surface area contributed by atoms with Gasteiger partial charge in [-0.15, -0.1) is 11.8 Å². The summed E-state index contributed by atoms with van der Waals surface area (Å²) in [6.45, 7) is 0.250. The van der Waals surface area contributed by atoms with Crippen LogP contribution in [0.3, 0.4) is 0 Å². The van der Waals surface area contributed by atoms with Crippen LogP contribution in [-0.4, -0.2) is 35.8 Å². The van der Waals surface area contributed by atoms with Gasteiger partial charge >= 0.3 is 0 Å². The van der Waals surface area contributed by atoms with Crippen LogP contribution in [-0.2, 0) is 5.75 Å². The molecule has 1 amide bonds. The second kappa shape index (κ2) is 10.1. The highest BCUT2D eigenvalue weighted by atomic mass is 35.5. The molecule has 36 heavy (non-hydrogen) atoms. The predicted molar refractivity (Wildman–Crippen MR) is 142 cm³/mol. The minimum atomic E-state index is 0.0889. The SMILES string of the molecule is O=C(c1ccc(CSc2ccc(Cl)cc2Cl)cc1)N1C2CCC1CC(Oc1ccc3c(c1)OCO3)C2. The molecule has 3 aromatic carbocycles. The Bertz CT molecular complexity index is 1270. The molecule has 0 aliphatic carbocycles. The summed E-state index contributed by atoms with van der Waals surface area (Å²) in [5, 5.41) is 1.28. The molecular weight excluding hydrogens is 517 g/mol. The number of carbonyl (C=O) groups is 1. The fourth-order valence-corrected chi connectivity index (χ4v) is 6.79. The van der Waals surface area contributed by atoms with E-state index in [-0.39, 0.29) is 30.9 Å². The Hall–Kier alpha value is -2.54. The number of fused-ring (bicyclic) bond motifs is 3. The first-order chi connectivity index (χ1) is 17.5. The van der Waals surface area contributed by atoms with E-state index in [1.165, 1.54) is 0 Å². The third kappa shape index (κ3) is 4.86. The minimum absolute atomic E-state index is 0.0889. The first kappa shape index (κ1) is 23.8. The van der Waals surface area contributed by atoms with Gasteiger partial charge in [-0.2, -0.15) is 0 Å². The van der Waals surface area contributed by atoms with Gasteiger partial charge in [0.2, 0.25) is 6.79 Å². The van der Waals surface area contributed by atoms with E-state index < -0.39 is 0 Å². The number of hydrogen-bond donors (Lipinski definition) is 0. The van der Waals surface area contributed by atoms with Crippen LogP contribution in [0, 0.1) is 0 Å². The van der Waals surface area contributed by atoms with Crippen molar-refractivity contribution in [2.24, 2.45) is 0 Å². The summed E-state index contributed by atoms with van der Waals surface area (Å²) in [5.41, 5.74) is 1.88. The average Bonchev–Trinajstić information content (AvgIpc) is 3.45. The standard InChI is InChI=1S/C28H25Cl2NO4S/c29-19-5-10-27(24(30)11-19)36-15-17-1-3-18(4-2-17)28(32)31-20-6-7-21(31)13-23(12-20)35-22-8-9-25-26(14-22)34-16-33-25/h1-5,8-11,14,20-21,23H,6-7,12-13,15-16H2. The minimum Gasteiger partial charge on any atom is -0.490 e. The number of amides is 1. The van der Waals surface area contributed by atoms with Crippen molar-refractivity contribution in [1.82, 2.24) is 4.90 Å². The quantitative estimate of drug-likeness (QED) is 0.308. The van der Waals surface area contributed by atoms with Crippen molar-refractivity contribution in [3.63, 3.8) is 0 Å². The van der Waals surface area contributed by atoms with Crippen molar-refractivity contribution in [3.05, 3.63) is 81.8 Å². The summed E-state index contributed by atoms with van der Waals surface area (Å²) in [7, 11) is 0. The lowest BCUT2D eigenvalue weighted by molar-refractivity contribution is 0.0358. The lowest BCUT2D eigenvalue weighted by atomic mass is 9.98. The van der Waals surface area contributed by atoms with Gasteiger partial charge < -0.3 is 19.1 Å². The molecule has 2 unspecified atom stereocenters. The number of benzene rings is 3. The first-order valence-corrected chi connectivity index (χ1v) is 13.8. The molecule has 2 atom stereocenters. The highest BCUT2D eigenvalue weighted by Gasteiger charge is 2.44. The average molecular weight is 542 g/mol. The van der Waals surface area contributed by atoms with Gasteiger partial charge in [0.15, 0.2) is 11.5 Å². The second-order valence-electron chi connectivity index (χ2n) is 9.38. The van der Waals surface area contributed by atoms with E-state index in [0.717, 1.165) is 64.7 Å². The number of rotatable bonds is 6. The van der Waals surface area contributed by atoms with Crippen molar-refractivity contribution >= 4 is 40.9 Å². The Morgan fingerprint density at radius 1 is 0.944 bits per heavy atom. The van der Waals surface area contributed by atoms with Gasteiger partial charge in [-0.25, -0.2) is 0 Å². The van der Waals surface area contributed by atoms with E-state index in [9.17, 15) is 4.79 Å². The summed E-state index contributed by atoms with van der Waals surface area (Å²) in [5.74, 6) is 3.15. The van der Waals surface area contributed by atoms with Crippen molar-refractivity contribution < 1.29 is 19.0 Å². The number of nitrogens with zero attached hydrogens (tertiary/aromatic N) is 1. The molecule has 0 N–H and O–H groups in total. The van der Waals surface area contributed by atoms with E-state index >= 15 is 0 Å². The Morgan fingerprint density at radius 3 is 2.44 bits per heavy atom. The van der Waals surface area contributed by atoms with Crippen LogP contribution in [0.5, 0.6) is 17.2 Å². The number of ether oxygens (including phenoxy) is 3. The zero-order valence-electron chi connectivity index (χ0n) is 19.5. The zero-order chi connectivity index (χ0) is 24.6. The third-order valence-corrected chi connectivity index (χ3v) is 8.86. The zero-order valence-corrected chi connectivity index (χ0v) is 21.8. The smallest absolute Gasteiger partial charge is 0.254 e. The molecule has 2 fully saturated rings. The van der Waals surface area contributed by atoms with Gasteiger partial charge in [0.25, 0.3) is 5.91 Å². The van der Waals surface area contributed by atoms with Gasteiger partial charge in [0, 0.05) is 52.2 Å². The van der Waals surface area contributed by atoms with Crippen molar-refractivity contribution in [2.45, 2.75) is 54.5 Å². The summed E-state index contributed by atoms with van der Waals surface area (Å²) in [6, 6.07) is 19.6. The molecule has 5 nitrogen and oxygen atoms in total. The highest BCUT2D eigenvalue weighted by molar-refractivity contribution is 7.98. The second-order valence-corrected chi connectivity index (χ2v) is 11.2. The predicted octanol–water partition coefficient (Wildman–Crippen LogP) is 7.23. The summed E-state index contributed by atoms with van der Waals surface area (Å²) in [4.78, 5) is 16.5. The molecule has 0 spiro atoms. The third-order valence-electron chi connectivity index (χ3n) is 7.06. The van der Waals surface area contributed by atoms with Crippen molar-refractivity contribution in [1.29, 1.82) is 0 Å². The van der Waals surface area contributed by atoms with E-state index in [4.69, 9.17) is 37.4 Å².